The minimum absolute atomic E-state index is 0.719. The molecule has 0 aromatic heterocycles. The van der Waals surface area contributed by atoms with E-state index in [0.29, 0.717) is 0 Å². The second-order valence-corrected chi connectivity index (χ2v) is 8.63. The van der Waals surface area contributed by atoms with Crippen LogP contribution in [0.25, 0.3) is 0 Å². The van der Waals surface area contributed by atoms with Crippen LogP contribution >= 0.6 is 0 Å². The number of rotatable bonds is 6. The average molecular weight is 486 g/mol. The monoisotopic (exact) mass is 485 g/mol. The molecule has 2 aromatic rings. The Hall–Kier alpha value is -3.30. The Balaban J connectivity index is 0.000000509. The molecule has 0 spiro atoms. The molecular weight excluding hydrogens is 450 g/mol. The van der Waals surface area contributed by atoms with Crippen LogP contribution in [0.3, 0.4) is 0 Å². The van der Waals surface area contributed by atoms with Crippen molar-refractivity contribution in [2.45, 2.75) is 25.4 Å². The summed E-state index contributed by atoms with van der Waals surface area (Å²) in [6.45, 7) is 7.81. The molecule has 2 saturated heterocycles. The lowest BCUT2D eigenvalue weighted by atomic mass is 10.0. The van der Waals surface area contributed by atoms with E-state index in [-0.39, 0.29) is 0 Å². The molecule has 0 unspecified atom stereocenters. The maximum Gasteiger partial charge on any atom is 0.414 e. The topological polar surface area (TPSA) is 103 Å². The van der Waals surface area contributed by atoms with Gasteiger partial charge in [0.1, 0.15) is 0 Å². The number of methoxy groups -OCH3 is 2. The zero-order chi connectivity index (χ0) is 25.2. The molecule has 9 heteroatoms. The number of piperidine rings is 1. The standard InChI is InChI=1S/C24H33N3O2.C2H2O4/c1-28-23-10-6-7-20(24(23)29-2)19-25-13-11-22(12-14-25)27-17-15-26(16-18-27)21-8-4-3-5-9-21;3-1(4)2(5)6/h3-10,22H,11-19H2,1-2H3;(H,3,4)(H,5,6). The third-order valence-electron chi connectivity index (χ3n) is 6.57. The molecule has 2 N–H and O–H groups in total. The van der Waals surface area contributed by atoms with Crippen LogP contribution in [0.4, 0.5) is 5.69 Å². The van der Waals surface area contributed by atoms with Crippen LogP contribution in [0.1, 0.15) is 18.4 Å². The van der Waals surface area contributed by atoms with Gasteiger partial charge in [0.25, 0.3) is 0 Å². The number of aliphatic carboxylic acids is 2. The summed E-state index contributed by atoms with van der Waals surface area (Å²) in [7, 11) is 3.42. The first-order valence-electron chi connectivity index (χ1n) is 11.9. The molecule has 2 aliphatic heterocycles. The molecule has 0 amide bonds. The maximum absolute atomic E-state index is 9.10. The predicted molar refractivity (Wildman–Crippen MR) is 133 cm³/mol. The second kappa shape index (κ2) is 13.0. The summed E-state index contributed by atoms with van der Waals surface area (Å²) in [5.74, 6) is -1.96. The van der Waals surface area contributed by atoms with Gasteiger partial charge in [0.2, 0.25) is 0 Å². The van der Waals surface area contributed by atoms with Crippen molar-refractivity contribution in [3.8, 4) is 11.5 Å². The number of ether oxygens (including phenoxy) is 2. The zero-order valence-electron chi connectivity index (χ0n) is 20.4. The van der Waals surface area contributed by atoms with Gasteiger partial charge in [-0.1, -0.05) is 30.3 Å². The maximum atomic E-state index is 9.10. The summed E-state index contributed by atoms with van der Waals surface area (Å²) < 4.78 is 11.1. The lowest BCUT2D eigenvalue weighted by Crippen LogP contribution is -2.53. The Kier molecular flexibility index (Phi) is 9.75. The van der Waals surface area contributed by atoms with Crippen LogP contribution in [0.2, 0.25) is 0 Å². The molecular formula is C26H35N3O6. The molecule has 2 aromatic carbocycles. The van der Waals surface area contributed by atoms with Crippen LogP contribution < -0.4 is 14.4 Å². The van der Waals surface area contributed by atoms with E-state index in [9.17, 15) is 0 Å². The summed E-state index contributed by atoms with van der Waals surface area (Å²) in [5.41, 5.74) is 2.57. The van der Waals surface area contributed by atoms with Crippen molar-refractivity contribution in [1.82, 2.24) is 9.80 Å². The smallest absolute Gasteiger partial charge is 0.414 e. The SMILES string of the molecule is COc1cccc(CN2CCC(N3CCN(c4ccccc4)CC3)CC2)c1OC.O=C(O)C(=O)O. The first-order chi connectivity index (χ1) is 16.9. The molecule has 0 bridgehead atoms. The molecule has 0 saturated carbocycles. The average Bonchev–Trinajstić information content (AvgIpc) is 2.90. The molecule has 9 nitrogen and oxygen atoms in total. The normalized spacial score (nSPS) is 17.3. The molecule has 2 fully saturated rings. The molecule has 35 heavy (non-hydrogen) atoms. The number of likely N-dealkylation sites (tertiary alicyclic amines) is 1. The van der Waals surface area contributed by atoms with Crippen molar-refractivity contribution in [3.63, 3.8) is 0 Å². The van der Waals surface area contributed by atoms with Crippen molar-refractivity contribution in [1.29, 1.82) is 0 Å². The van der Waals surface area contributed by atoms with Gasteiger partial charge < -0.3 is 24.6 Å². The minimum Gasteiger partial charge on any atom is -0.493 e. The van der Waals surface area contributed by atoms with Gasteiger partial charge in [-0.05, 0) is 44.1 Å². The van der Waals surface area contributed by atoms with Gasteiger partial charge in [-0.15, -0.1) is 0 Å². The summed E-state index contributed by atoms with van der Waals surface area (Å²) in [4.78, 5) is 26.0. The number of carbonyl (C=O) groups is 2. The second-order valence-electron chi connectivity index (χ2n) is 8.63. The van der Waals surface area contributed by atoms with Crippen LogP contribution in [0.5, 0.6) is 11.5 Å². The van der Waals surface area contributed by atoms with Crippen LogP contribution in [0.15, 0.2) is 48.5 Å². The van der Waals surface area contributed by atoms with Crippen LogP contribution in [-0.2, 0) is 16.1 Å². The number of nitrogens with zero attached hydrogens (tertiary/aromatic N) is 3. The van der Waals surface area contributed by atoms with Crippen molar-refractivity contribution < 1.29 is 29.3 Å². The highest BCUT2D eigenvalue weighted by atomic mass is 16.5. The first kappa shape index (κ1) is 26.3. The minimum atomic E-state index is -1.82. The molecule has 2 heterocycles. The lowest BCUT2D eigenvalue weighted by molar-refractivity contribution is -0.159. The van der Waals surface area contributed by atoms with Gasteiger partial charge in [0.05, 0.1) is 14.2 Å². The summed E-state index contributed by atoms with van der Waals surface area (Å²) in [6.07, 6.45) is 2.50. The largest absolute Gasteiger partial charge is 0.493 e. The van der Waals surface area contributed by atoms with Gasteiger partial charge in [0, 0.05) is 50.0 Å². The van der Waals surface area contributed by atoms with E-state index in [1.54, 1.807) is 14.2 Å². The Morgan fingerprint density at radius 2 is 1.46 bits per heavy atom. The fourth-order valence-electron chi connectivity index (χ4n) is 4.75. The number of benzene rings is 2. The number of para-hydroxylation sites is 2. The Morgan fingerprint density at radius 3 is 2.00 bits per heavy atom. The number of hydrogen-bond acceptors (Lipinski definition) is 7. The quantitative estimate of drug-likeness (QED) is 0.598. The number of carboxylic acids is 2. The van der Waals surface area contributed by atoms with E-state index >= 15 is 0 Å². The first-order valence-corrected chi connectivity index (χ1v) is 11.9. The van der Waals surface area contributed by atoms with E-state index < -0.39 is 11.9 Å². The van der Waals surface area contributed by atoms with E-state index in [4.69, 9.17) is 29.3 Å². The number of piperazine rings is 1. The van der Waals surface area contributed by atoms with Crippen LogP contribution in [-0.4, -0.2) is 91.5 Å². The van der Waals surface area contributed by atoms with Crippen molar-refractivity contribution in [2.24, 2.45) is 0 Å². The van der Waals surface area contributed by atoms with Gasteiger partial charge in [-0.25, -0.2) is 9.59 Å². The summed E-state index contributed by atoms with van der Waals surface area (Å²) in [6, 6.07) is 17.7. The predicted octanol–water partition coefficient (Wildman–Crippen LogP) is 2.65. The molecule has 0 atom stereocenters. The van der Waals surface area contributed by atoms with Gasteiger partial charge in [-0.2, -0.15) is 0 Å². The van der Waals surface area contributed by atoms with Crippen molar-refractivity contribution in [2.75, 3.05) is 58.4 Å². The van der Waals surface area contributed by atoms with Crippen molar-refractivity contribution in [3.05, 3.63) is 54.1 Å². The fourth-order valence-corrected chi connectivity index (χ4v) is 4.75. The van der Waals surface area contributed by atoms with Crippen molar-refractivity contribution >= 4 is 17.6 Å². The van der Waals surface area contributed by atoms with E-state index in [0.717, 1.165) is 50.3 Å². The van der Waals surface area contributed by atoms with E-state index in [1.165, 1.54) is 37.2 Å². The number of anilines is 1. The molecule has 190 valence electrons. The summed E-state index contributed by atoms with van der Waals surface area (Å²) >= 11 is 0. The molecule has 0 aliphatic carbocycles. The molecule has 0 radical (unpaired) electrons. The Bertz CT molecular complexity index is 943. The van der Waals surface area contributed by atoms with E-state index in [1.807, 2.05) is 6.07 Å². The highest BCUT2D eigenvalue weighted by molar-refractivity contribution is 6.27. The highest BCUT2D eigenvalue weighted by Crippen LogP contribution is 2.32. The summed E-state index contributed by atoms with van der Waals surface area (Å²) in [5, 5.41) is 14.8. The lowest BCUT2D eigenvalue weighted by Gasteiger charge is -2.43. The highest BCUT2D eigenvalue weighted by Gasteiger charge is 2.28. The van der Waals surface area contributed by atoms with Crippen LogP contribution in [0, 0.1) is 0 Å². The zero-order valence-corrected chi connectivity index (χ0v) is 20.4. The Morgan fingerprint density at radius 1 is 0.829 bits per heavy atom. The number of hydrogen-bond donors (Lipinski definition) is 2. The Labute approximate surface area is 206 Å². The van der Waals surface area contributed by atoms with Gasteiger partial charge >= 0.3 is 11.9 Å². The molecule has 2 aliphatic rings. The molecule has 4 rings (SSSR count). The third kappa shape index (κ3) is 7.34. The van der Waals surface area contributed by atoms with Gasteiger partial charge in [0.15, 0.2) is 11.5 Å². The van der Waals surface area contributed by atoms with E-state index in [2.05, 4.69) is 57.2 Å². The third-order valence-corrected chi connectivity index (χ3v) is 6.57. The fraction of sp³-hybridized carbons (Fsp3) is 0.462. The number of carboxylic acid groups (broad SMARTS) is 2. The van der Waals surface area contributed by atoms with Gasteiger partial charge in [-0.3, -0.25) is 9.80 Å².